The number of aliphatic hydroxyl groups is 1. The lowest BCUT2D eigenvalue weighted by molar-refractivity contribution is -0.157. The molecule has 2 aromatic carbocycles. The lowest BCUT2D eigenvalue weighted by atomic mass is 10.00. The number of benzene rings is 2. The van der Waals surface area contributed by atoms with Crippen molar-refractivity contribution in [2.45, 2.75) is 17.9 Å². The number of rotatable bonds is 6. The van der Waals surface area contributed by atoms with Crippen LogP contribution in [0.1, 0.15) is 17.2 Å². The molecule has 0 saturated carbocycles. The smallest absolute Gasteiger partial charge is 0.248 e. The van der Waals surface area contributed by atoms with Gasteiger partial charge in [0.25, 0.3) is 0 Å². The Labute approximate surface area is 158 Å². The monoisotopic (exact) mass is 390 g/mol. The molecule has 1 heterocycles. The number of amides is 1. The molecule has 0 unspecified atom stereocenters. The van der Waals surface area contributed by atoms with E-state index in [0.29, 0.717) is 11.3 Å². The largest absolute Gasteiger partial charge is 0.394 e. The van der Waals surface area contributed by atoms with Crippen LogP contribution in [0.15, 0.2) is 54.6 Å². The quantitative estimate of drug-likeness (QED) is 0.780. The highest BCUT2D eigenvalue weighted by atomic mass is 32.2. The number of nitrogens with zero attached hydrogens (tertiary/aromatic N) is 1. The molecule has 0 aliphatic carbocycles. The third-order valence-corrected chi connectivity index (χ3v) is 5.79. The van der Waals surface area contributed by atoms with Crippen molar-refractivity contribution in [2.24, 2.45) is 0 Å². The van der Waals surface area contributed by atoms with Crippen LogP contribution >= 0.6 is 0 Å². The maximum absolute atomic E-state index is 12.3. The number of likely N-dealkylation sites (N-methyl/N-ethyl adjacent to an activating group) is 1. The van der Waals surface area contributed by atoms with Crippen molar-refractivity contribution < 1.29 is 23.1 Å². The van der Waals surface area contributed by atoms with E-state index in [0.717, 1.165) is 5.56 Å². The maximum atomic E-state index is 12.3. The molecule has 3 rings (SSSR count). The highest BCUT2D eigenvalue weighted by Gasteiger charge is 2.34. The minimum absolute atomic E-state index is 0.0525. The highest BCUT2D eigenvalue weighted by Crippen LogP contribution is 2.29. The van der Waals surface area contributed by atoms with Crippen LogP contribution < -0.4 is 4.72 Å². The summed E-state index contributed by atoms with van der Waals surface area (Å²) in [5, 5.41) is 9.59. The number of carbonyl (C=O) groups excluding carboxylic acids is 1. The van der Waals surface area contributed by atoms with Gasteiger partial charge in [0, 0.05) is 12.7 Å². The van der Waals surface area contributed by atoms with Crippen molar-refractivity contribution in [1.29, 1.82) is 0 Å². The molecular formula is C19H22N2O5S. The van der Waals surface area contributed by atoms with Crippen molar-refractivity contribution in [1.82, 2.24) is 4.90 Å². The van der Waals surface area contributed by atoms with E-state index < -0.39 is 22.2 Å². The average molecular weight is 390 g/mol. The summed E-state index contributed by atoms with van der Waals surface area (Å²) >= 11 is 0. The first kappa shape index (κ1) is 19.3. The molecule has 0 bridgehead atoms. The number of nitrogens with one attached hydrogen (secondary N) is 1. The topological polar surface area (TPSA) is 95.9 Å². The van der Waals surface area contributed by atoms with Gasteiger partial charge in [0.1, 0.15) is 12.7 Å². The van der Waals surface area contributed by atoms with Gasteiger partial charge in [-0.2, -0.15) is 0 Å². The van der Waals surface area contributed by atoms with Gasteiger partial charge in [0.05, 0.1) is 18.4 Å². The fourth-order valence-corrected chi connectivity index (χ4v) is 4.25. The van der Waals surface area contributed by atoms with E-state index in [1.165, 1.54) is 4.90 Å². The first-order chi connectivity index (χ1) is 12.9. The Morgan fingerprint density at radius 3 is 2.44 bits per heavy atom. The Balaban J connectivity index is 1.71. The molecule has 7 nitrogen and oxygen atoms in total. The van der Waals surface area contributed by atoms with Crippen LogP contribution in [0.4, 0.5) is 5.69 Å². The van der Waals surface area contributed by atoms with E-state index in [4.69, 9.17) is 4.74 Å². The molecule has 1 saturated heterocycles. The summed E-state index contributed by atoms with van der Waals surface area (Å²) in [6, 6.07) is 15.2. The summed E-state index contributed by atoms with van der Waals surface area (Å²) in [5.74, 6) is -0.295. The van der Waals surface area contributed by atoms with Crippen LogP contribution in [-0.4, -0.2) is 50.6 Å². The zero-order valence-electron chi connectivity index (χ0n) is 14.9. The second kappa shape index (κ2) is 8.08. The number of ether oxygens (including phenoxy) is 1. The minimum Gasteiger partial charge on any atom is -0.394 e. The second-order valence-corrected chi connectivity index (χ2v) is 8.18. The van der Waals surface area contributed by atoms with Gasteiger partial charge in [-0.05, 0) is 23.3 Å². The number of aliphatic hydroxyl groups excluding tert-OH is 1. The lowest BCUT2D eigenvalue weighted by Crippen LogP contribution is -2.50. The Bertz CT molecular complexity index is 884. The van der Waals surface area contributed by atoms with Gasteiger partial charge >= 0.3 is 0 Å². The van der Waals surface area contributed by atoms with Crippen LogP contribution in [0.2, 0.25) is 0 Å². The fraction of sp³-hybridized carbons (Fsp3) is 0.316. The van der Waals surface area contributed by atoms with Crippen LogP contribution in [0.25, 0.3) is 0 Å². The number of hydrogen-bond donors (Lipinski definition) is 2. The van der Waals surface area contributed by atoms with Crippen LogP contribution in [0.5, 0.6) is 0 Å². The van der Waals surface area contributed by atoms with Gasteiger partial charge < -0.3 is 14.7 Å². The van der Waals surface area contributed by atoms with Gasteiger partial charge in [-0.25, -0.2) is 8.42 Å². The molecule has 27 heavy (non-hydrogen) atoms. The summed E-state index contributed by atoms with van der Waals surface area (Å²) in [6.45, 7) is -0.276. The summed E-state index contributed by atoms with van der Waals surface area (Å²) in [6.07, 6.45) is -0.465. The molecule has 0 spiro atoms. The van der Waals surface area contributed by atoms with E-state index in [9.17, 15) is 18.3 Å². The zero-order valence-corrected chi connectivity index (χ0v) is 15.7. The van der Waals surface area contributed by atoms with E-state index >= 15 is 0 Å². The molecule has 2 aromatic rings. The summed E-state index contributed by atoms with van der Waals surface area (Å²) in [5.41, 5.74) is 1.91. The predicted octanol–water partition coefficient (Wildman–Crippen LogP) is 1.52. The molecule has 1 amide bonds. The SMILES string of the molecule is CN1C(=O)CO[C@H](c2ccc(NS(=O)(=O)Cc3ccccc3)cc2)[C@H]1CO. The summed E-state index contributed by atoms with van der Waals surface area (Å²) in [7, 11) is -1.90. The molecule has 144 valence electrons. The third kappa shape index (κ3) is 4.65. The molecule has 2 N–H and O–H groups in total. The van der Waals surface area contributed by atoms with Crippen molar-refractivity contribution in [3.8, 4) is 0 Å². The minimum atomic E-state index is -3.53. The molecule has 1 aliphatic heterocycles. The number of hydrogen-bond acceptors (Lipinski definition) is 5. The standard InChI is InChI=1S/C19H22N2O5S/c1-21-17(11-22)19(26-12-18(21)23)15-7-9-16(10-8-15)20-27(24,25)13-14-5-3-2-4-6-14/h2-10,17,19-20,22H,11-13H2,1H3/t17-,19-/m1/s1. The van der Waals surface area contributed by atoms with E-state index in [1.54, 1.807) is 55.6 Å². The molecule has 8 heteroatoms. The first-order valence-electron chi connectivity index (χ1n) is 8.52. The van der Waals surface area contributed by atoms with Gasteiger partial charge in [-0.3, -0.25) is 9.52 Å². The van der Waals surface area contributed by atoms with Crippen LogP contribution in [0, 0.1) is 0 Å². The summed E-state index contributed by atoms with van der Waals surface area (Å²) in [4.78, 5) is 13.2. The maximum Gasteiger partial charge on any atom is 0.248 e. The third-order valence-electron chi connectivity index (χ3n) is 4.53. The van der Waals surface area contributed by atoms with E-state index in [2.05, 4.69) is 4.72 Å². The number of sulfonamides is 1. The second-order valence-electron chi connectivity index (χ2n) is 6.45. The van der Waals surface area contributed by atoms with E-state index in [-0.39, 0.29) is 24.9 Å². The molecule has 0 radical (unpaired) electrons. The zero-order chi connectivity index (χ0) is 19.4. The molecular weight excluding hydrogens is 368 g/mol. The average Bonchev–Trinajstić information content (AvgIpc) is 2.64. The van der Waals surface area contributed by atoms with Gasteiger partial charge in [-0.1, -0.05) is 42.5 Å². The van der Waals surface area contributed by atoms with Gasteiger partial charge in [-0.15, -0.1) is 0 Å². The van der Waals surface area contributed by atoms with Crippen molar-refractivity contribution in [3.05, 3.63) is 65.7 Å². The van der Waals surface area contributed by atoms with Crippen molar-refractivity contribution >= 4 is 21.6 Å². The van der Waals surface area contributed by atoms with E-state index in [1.807, 2.05) is 6.07 Å². The number of carbonyl (C=O) groups is 1. The predicted molar refractivity (Wildman–Crippen MR) is 101 cm³/mol. The van der Waals surface area contributed by atoms with Crippen LogP contribution in [-0.2, 0) is 25.3 Å². The normalized spacial score (nSPS) is 20.5. The molecule has 1 aliphatic rings. The van der Waals surface area contributed by atoms with Gasteiger partial charge in [0.15, 0.2) is 0 Å². The Morgan fingerprint density at radius 2 is 1.81 bits per heavy atom. The number of anilines is 1. The molecule has 2 atom stereocenters. The lowest BCUT2D eigenvalue weighted by Gasteiger charge is -2.38. The molecule has 1 fully saturated rings. The van der Waals surface area contributed by atoms with Crippen molar-refractivity contribution in [2.75, 3.05) is 25.0 Å². The van der Waals surface area contributed by atoms with Crippen LogP contribution in [0.3, 0.4) is 0 Å². The summed E-state index contributed by atoms with van der Waals surface area (Å²) < 4.78 is 32.8. The van der Waals surface area contributed by atoms with Crippen molar-refractivity contribution in [3.63, 3.8) is 0 Å². The fourth-order valence-electron chi connectivity index (χ4n) is 3.05. The first-order valence-corrected chi connectivity index (χ1v) is 10.2. The number of morpholine rings is 1. The Hall–Kier alpha value is -2.42. The highest BCUT2D eigenvalue weighted by molar-refractivity contribution is 7.91. The molecule has 0 aromatic heterocycles. The Kier molecular flexibility index (Phi) is 5.79. The Morgan fingerprint density at radius 1 is 1.15 bits per heavy atom. The van der Waals surface area contributed by atoms with Gasteiger partial charge in [0.2, 0.25) is 15.9 Å².